The second-order valence-corrected chi connectivity index (χ2v) is 7.37. The van der Waals surface area contributed by atoms with Crippen LogP contribution in [0, 0.1) is 6.92 Å². The van der Waals surface area contributed by atoms with E-state index in [0.29, 0.717) is 12.6 Å². The average Bonchev–Trinajstić information content (AvgIpc) is 3.44. The maximum atomic E-state index is 4.40. The number of nitrogens with zero attached hydrogens (tertiary/aromatic N) is 4. The van der Waals surface area contributed by atoms with E-state index >= 15 is 0 Å². The SMILES string of the molecule is CN=C(NCc1cccc(-c2ncn[nH]2)c1)NC1CCN(c2ccc(C)cc2)C1.I. The first-order chi connectivity index (χ1) is 14.2. The van der Waals surface area contributed by atoms with Crippen LogP contribution in [-0.2, 0) is 6.54 Å². The Hall–Kier alpha value is -2.62. The van der Waals surface area contributed by atoms with Gasteiger partial charge in [0.1, 0.15) is 6.33 Å². The molecule has 2 heterocycles. The molecule has 0 spiro atoms. The standard InChI is InChI=1S/C22H27N7.HI/c1-16-6-8-20(9-7-16)29-11-10-19(14-29)27-22(23-2)24-13-17-4-3-5-18(12-17)21-25-15-26-28-21;/h3-9,12,15,19H,10-11,13-14H2,1-2H3,(H2,23,24,27)(H,25,26,28);1H. The number of H-pyrrole nitrogens is 1. The summed E-state index contributed by atoms with van der Waals surface area (Å²) in [5.74, 6) is 1.60. The van der Waals surface area contributed by atoms with E-state index in [1.807, 2.05) is 19.2 Å². The minimum atomic E-state index is 0. The zero-order valence-electron chi connectivity index (χ0n) is 17.3. The van der Waals surface area contributed by atoms with Crippen molar-refractivity contribution in [3.8, 4) is 11.4 Å². The van der Waals surface area contributed by atoms with Crippen molar-refractivity contribution in [2.24, 2.45) is 4.99 Å². The molecule has 1 saturated heterocycles. The predicted molar refractivity (Wildman–Crippen MR) is 132 cm³/mol. The number of rotatable bonds is 5. The number of anilines is 1. The highest BCUT2D eigenvalue weighted by atomic mass is 127. The number of hydrogen-bond donors (Lipinski definition) is 3. The van der Waals surface area contributed by atoms with Gasteiger partial charge in [0.05, 0.1) is 0 Å². The van der Waals surface area contributed by atoms with E-state index in [9.17, 15) is 0 Å². The quantitative estimate of drug-likeness (QED) is 0.275. The van der Waals surface area contributed by atoms with Crippen molar-refractivity contribution in [2.45, 2.75) is 25.9 Å². The average molecular weight is 517 g/mol. The fourth-order valence-corrected chi connectivity index (χ4v) is 3.62. The van der Waals surface area contributed by atoms with Crippen LogP contribution in [0.15, 0.2) is 59.9 Å². The van der Waals surface area contributed by atoms with E-state index in [4.69, 9.17) is 0 Å². The first kappa shape index (κ1) is 22.1. The fourth-order valence-electron chi connectivity index (χ4n) is 3.62. The summed E-state index contributed by atoms with van der Waals surface area (Å²) >= 11 is 0. The van der Waals surface area contributed by atoms with Crippen molar-refractivity contribution in [1.29, 1.82) is 0 Å². The summed E-state index contributed by atoms with van der Waals surface area (Å²) in [6, 6.07) is 17.4. The Morgan fingerprint density at radius 3 is 2.80 bits per heavy atom. The maximum Gasteiger partial charge on any atom is 0.191 e. The van der Waals surface area contributed by atoms with Crippen molar-refractivity contribution in [3.05, 3.63) is 66.0 Å². The summed E-state index contributed by atoms with van der Waals surface area (Å²) in [6.07, 6.45) is 2.61. The molecule has 3 N–H and O–H groups in total. The van der Waals surface area contributed by atoms with Crippen LogP contribution < -0.4 is 15.5 Å². The monoisotopic (exact) mass is 517 g/mol. The number of aliphatic imine (C=N–C) groups is 1. The smallest absolute Gasteiger partial charge is 0.191 e. The second kappa shape index (κ2) is 10.4. The Labute approximate surface area is 194 Å². The lowest BCUT2D eigenvalue weighted by molar-refractivity contribution is 0.648. The Morgan fingerprint density at radius 1 is 1.23 bits per heavy atom. The molecule has 0 radical (unpaired) electrons. The summed E-state index contributed by atoms with van der Waals surface area (Å²) in [4.78, 5) is 11.0. The van der Waals surface area contributed by atoms with Crippen molar-refractivity contribution < 1.29 is 0 Å². The van der Waals surface area contributed by atoms with Crippen molar-refractivity contribution in [3.63, 3.8) is 0 Å². The van der Waals surface area contributed by atoms with E-state index in [0.717, 1.165) is 42.4 Å². The largest absolute Gasteiger partial charge is 0.369 e. The number of guanidine groups is 1. The molecule has 7 nitrogen and oxygen atoms in total. The molecule has 158 valence electrons. The molecule has 1 fully saturated rings. The van der Waals surface area contributed by atoms with Crippen LogP contribution in [0.5, 0.6) is 0 Å². The van der Waals surface area contributed by atoms with Crippen molar-refractivity contribution in [1.82, 2.24) is 25.8 Å². The van der Waals surface area contributed by atoms with Crippen molar-refractivity contribution >= 4 is 35.6 Å². The molecule has 0 amide bonds. The normalized spacial score (nSPS) is 16.3. The molecule has 0 aliphatic carbocycles. The van der Waals surface area contributed by atoms with Gasteiger partial charge < -0.3 is 15.5 Å². The molecule has 1 unspecified atom stereocenters. The highest BCUT2D eigenvalue weighted by molar-refractivity contribution is 14.0. The van der Waals surface area contributed by atoms with Gasteiger partial charge >= 0.3 is 0 Å². The van der Waals surface area contributed by atoms with Gasteiger partial charge in [-0.3, -0.25) is 10.1 Å². The Morgan fingerprint density at radius 2 is 2.07 bits per heavy atom. The van der Waals surface area contributed by atoms with Crippen LogP contribution in [0.4, 0.5) is 5.69 Å². The molecule has 1 atom stereocenters. The molecule has 1 aliphatic rings. The van der Waals surface area contributed by atoms with Gasteiger partial charge in [-0.1, -0.05) is 35.9 Å². The lowest BCUT2D eigenvalue weighted by Gasteiger charge is -2.20. The van der Waals surface area contributed by atoms with Gasteiger partial charge in [-0.25, -0.2) is 4.98 Å². The Balaban J connectivity index is 0.00000256. The number of aryl methyl sites for hydroxylation is 1. The van der Waals surface area contributed by atoms with E-state index in [-0.39, 0.29) is 24.0 Å². The minimum absolute atomic E-state index is 0. The highest BCUT2D eigenvalue weighted by Gasteiger charge is 2.23. The van der Waals surface area contributed by atoms with Gasteiger partial charge in [0, 0.05) is 44.0 Å². The topological polar surface area (TPSA) is 81.2 Å². The van der Waals surface area contributed by atoms with Crippen LogP contribution in [-0.4, -0.2) is 47.3 Å². The molecule has 0 bridgehead atoms. The van der Waals surface area contributed by atoms with Crippen LogP contribution in [0.3, 0.4) is 0 Å². The number of aromatic amines is 1. The zero-order chi connectivity index (χ0) is 20.1. The number of nitrogens with one attached hydrogen (secondary N) is 3. The molecule has 8 heteroatoms. The van der Waals surface area contributed by atoms with Gasteiger partial charge in [-0.05, 0) is 37.1 Å². The van der Waals surface area contributed by atoms with Gasteiger partial charge in [-0.2, -0.15) is 5.10 Å². The summed E-state index contributed by atoms with van der Waals surface area (Å²) in [6.45, 7) is 4.84. The molecular weight excluding hydrogens is 489 g/mol. The van der Waals surface area contributed by atoms with E-state index < -0.39 is 0 Å². The maximum absolute atomic E-state index is 4.40. The Kier molecular flexibility index (Phi) is 7.67. The van der Waals surface area contributed by atoms with E-state index in [1.54, 1.807) is 0 Å². The molecule has 3 aromatic rings. The summed E-state index contributed by atoms with van der Waals surface area (Å²) in [5.41, 5.74) is 4.76. The van der Waals surface area contributed by atoms with Crippen molar-refractivity contribution in [2.75, 3.05) is 25.0 Å². The molecule has 1 aliphatic heterocycles. The first-order valence-electron chi connectivity index (χ1n) is 9.95. The van der Waals surface area contributed by atoms with E-state index in [2.05, 4.69) is 79.0 Å². The van der Waals surface area contributed by atoms with Crippen LogP contribution in [0.25, 0.3) is 11.4 Å². The molecule has 1 aromatic heterocycles. The summed E-state index contributed by atoms with van der Waals surface area (Å²) in [5, 5.41) is 13.8. The van der Waals surface area contributed by atoms with Gasteiger partial charge in [-0.15, -0.1) is 24.0 Å². The number of hydrogen-bond acceptors (Lipinski definition) is 4. The zero-order valence-corrected chi connectivity index (χ0v) is 19.6. The lowest BCUT2D eigenvalue weighted by atomic mass is 10.1. The van der Waals surface area contributed by atoms with Gasteiger partial charge in [0.2, 0.25) is 0 Å². The molecular formula is C22H28IN7. The Bertz CT molecular complexity index is 954. The number of halogens is 1. The highest BCUT2D eigenvalue weighted by Crippen LogP contribution is 2.21. The molecule has 2 aromatic carbocycles. The van der Waals surface area contributed by atoms with Gasteiger partial charge in [0.25, 0.3) is 0 Å². The van der Waals surface area contributed by atoms with Crippen LogP contribution in [0.1, 0.15) is 17.5 Å². The summed E-state index contributed by atoms with van der Waals surface area (Å²) < 4.78 is 0. The van der Waals surface area contributed by atoms with Gasteiger partial charge in [0.15, 0.2) is 11.8 Å². The van der Waals surface area contributed by atoms with Crippen LogP contribution in [0.2, 0.25) is 0 Å². The lowest BCUT2D eigenvalue weighted by Crippen LogP contribution is -2.44. The summed E-state index contributed by atoms with van der Waals surface area (Å²) in [7, 11) is 1.81. The molecule has 0 saturated carbocycles. The first-order valence-corrected chi connectivity index (χ1v) is 9.95. The molecule has 30 heavy (non-hydrogen) atoms. The minimum Gasteiger partial charge on any atom is -0.369 e. The fraction of sp³-hybridized carbons (Fsp3) is 0.318. The van der Waals surface area contributed by atoms with E-state index in [1.165, 1.54) is 17.6 Å². The third-order valence-electron chi connectivity index (χ3n) is 5.23. The third kappa shape index (κ3) is 5.50. The predicted octanol–water partition coefficient (Wildman–Crippen LogP) is 3.34. The number of aromatic nitrogens is 3. The van der Waals surface area contributed by atoms with Crippen LogP contribution >= 0.6 is 24.0 Å². The second-order valence-electron chi connectivity index (χ2n) is 7.37. The number of benzene rings is 2. The third-order valence-corrected chi connectivity index (χ3v) is 5.23. The molecule has 4 rings (SSSR count).